The first-order valence-corrected chi connectivity index (χ1v) is 10.1. The van der Waals surface area contributed by atoms with E-state index >= 15 is 0 Å². The summed E-state index contributed by atoms with van der Waals surface area (Å²) in [6, 6.07) is 9.31. The molecule has 7 nitrogen and oxygen atoms in total. The predicted molar refractivity (Wildman–Crippen MR) is 112 cm³/mol. The number of aliphatic hydroxyl groups excluding tert-OH is 1. The molecule has 0 aliphatic carbocycles. The zero-order chi connectivity index (χ0) is 21.1. The standard InChI is InChI=1S/C21H23N3O4S/c1-12-17(14(3)25)13(2)23-18(12)19(26)22-9-10-24-20(27)16(29-21(24)28)11-15-7-5-4-6-8-15/h4-8,11,14,23,25H,9-10H2,1-3H3,(H,22,26)/b16-11-/t14-/m1/s1. The van der Waals surface area contributed by atoms with Gasteiger partial charge in [0.1, 0.15) is 5.69 Å². The van der Waals surface area contributed by atoms with Crippen molar-refractivity contribution in [2.24, 2.45) is 0 Å². The number of amides is 3. The highest BCUT2D eigenvalue weighted by atomic mass is 32.2. The number of carbonyl (C=O) groups is 3. The quantitative estimate of drug-likeness (QED) is 0.632. The fraction of sp³-hybridized carbons (Fsp3) is 0.286. The Morgan fingerprint density at radius 1 is 1.28 bits per heavy atom. The summed E-state index contributed by atoms with van der Waals surface area (Å²) >= 11 is 0.895. The van der Waals surface area contributed by atoms with Crippen molar-refractivity contribution in [2.45, 2.75) is 26.9 Å². The van der Waals surface area contributed by atoms with Gasteiger partial charge in [-0.05, 0) is 49.7 Å². The summed E-state index contributed by atoms with van der Waals surface area (Å²) in [6.07, 6.45) is 1.01. The molecule has 1 aliphatic rings. The normalized spacial score (nSPS) is 16.6. The second-order valence-electron chi connectivity index (χ2n) is 6.84. The van der Waals surface area contributed by atoms with Gasteiger partial charge in [0.25, 0.3) is 17.1 Å². The Morgan fingerprint density at radius 3 is 2.59 bits per heavy atom. The molecule has 1 aromatic carbocycles. The first-order valence-electron chi connectivity index (χ1n) is 9.25. The maximum atomic E-state index is 12.5. The van der Waals surface area contributed by atoms with Crippen LogP contribution in [0.4, 0.5) is 4.79 Å². The van der Waals surface area contributed by atoms with E-state index in [9.17, 15) is 19.5 Å². The van der Waals surface area contributed by atoms with Gasteiger partial charge in [0, 0.05) is 24.3 Å². The van der Waals surface area contributed by atoms with E-state index in [0.29, 0.717) is 21.7 Å². The van der Waals surface area contributed by atoms with Gasteiger partial charge in [-0.25, -0.2) is 0 Å². The molecule has 0 unspecified atom stereocenters. The first kappa shape index (κ1) is 20.9. The highest BCUT2D eigenvalue weighted by molar-refractivity contribution is 8.18. The highest BCUT2D eigenvalue weighted by Gasteiger charge is 2.34. The van der Waals surface area contributed by atoms with Crippen LogP contribution in [0.2, 0.25) is 0 Å². The van der Waals surface area contributed by atoms with E-state index < -0.39 is 6.10 Å². The maximum absolute atomic E-state index is 12.5. The second-order valence-corrected chi connectivity index (χ2v) is 7.83. The van der Waals surface area contributed by atoms with Gasteiger partial charge in [-0.1, -0.05) is 30.3 Å². The van der Waals surface area contributed by atoms with Crippen molar-refractivity contribution in [2.75, 3.05) is 13.1 Å². The predicted octanol–water partition coefficient (Wildman–Crippen LogP) is 3.15. The van der Waals surface area contributed by atoms with Crippen LogP contribution in [0.5, 0.6) is 0 Å². The number of aromatic amines is 1. The summed E-state index contributed by atoms with van der Waals surface area (Å²) in [5.74, 6) is -0.703. The van der Waals surface area contributed by atoms with Gasteiger partial charge in [0.15, 0.2) is 0 Å². The maximum Gasteiger partial charge on any atom is 0.293 e. The Balaban J connectivity index is 1.61. The molecular formula is C21H23N3O4S. The van der Waals surface area contributed by atoms with Crippen molar-refractivity contribution in [3.8, 4) is 0 Å². The lowest BCUT2D eigenvalue weighted by atomic mass is 10.1. The molecule has 1 saturated heterocycles. The van der Waals surface area contributed by atoms with Gasteiger partial charge in [0.05, 0.1) is 11.0 Å². The minimum atomic E-state index is -0.681. The first-order chi connectivity index (χ1) is 13.8. The number of rotatable bonds is 6. The lowest BCUT2D eigenvalue weighted by molar-refractivity contribution is -0.122. The van der Waals surface area contributed by atoms with E-state index in [1.54, 1.807) is 26.8 Å². The second kappa shape index (κ2) is 8.67. The van der Waals surface area contributed by atoms with E-state index in [4.69, 9.17) is 0 Å². The van der Waals surface area contributed by atoms with Gasteiger partial charge >= 0.3 is 0 Å². The summed E-state index contributed by atoms with van der Waals surface area (Å²) in [5.41, 5.74) is 3.34. The largest absolute Gasteiger partial charge is 0.389 e. The van der Waals surface area contributed by atoms with Gasteiger partial charge < -0.3 is 15.4 Å². The van der Waals surface area contributed by atoms with E-state index in [1.807, 2.05) is 30.3 Å². The molecule has 0 spiro atoms. The van der Waals surface area contributed by atoms with Crippen LogP contribution in [-0.2, 0) is 4.79 Å². The smallest absolute Gasteiger partial charge is 0.293 e. The molecule has 0 bridgehead atoms. The molecule has 3 rings (SSSR count). The number of hydrogen-bond acceptors (Lipinski definition) is 5. The number of benzene rings is 1. The third kappa shape index (κ3) is 4.44. The average Bonchev–Trinajstić information content (AvgIpc) is 3.12. The lowest BCUT2D eigenvalue weighted by Gasteiger charge is -2.13. The zero-order valence-electron chi connectivity index (χ0n) is 16.5. The summed E-state index contributed by atoms with van der Waals surface area (Å²) in [4.78, 5) is 41.7. The molecule has 0 radical (unpaired) electrons. The minimum absolute atomic E-state index is 0.0878. The number of nitrogens with one attached hydrogen (secondary N) is 2. The van der Waals surface area contributed by atoms with Crippen molar-refractivity contribution in [1.29, 1.82) is 0 Å². The molecule has 3 N–H and O–H groups in total. The number of aromatic nitrogens is 1. The van der Waals surface area contributed by atoms with Crippen molar-refractivity contribution >= 4 is 34.9 Å². The van der Waals surface area contributed by atoms with E-state index in [2.05, 4.69) is 10.3 Å². The van der Waals surface area contributed by atoms with Crippen LogP contribution in [0.1, 0.15) is 45.9 Å². The van der Waals surface area contributed by atoms with Crippen LogP contribution in [0.3, 0.4) is 0 Å². The molecule has 3 amide bonds. The van der Waals surface area contributed by atoms with Crippen LogP contribution >= 0.6 is 11.8 Å². The van der Waals surface area contributed by atoms with Gasteiger partial charge in [0.2, 0.25) is 0 Å². The van der Waals surface area contributed by atoms with E-state index in [1.165, 1.54) is 0 Å². The Bertz CT molecular complexity index is 979. The topological polar surface area (TPSA) is 103 Å². The molecule has 29 heavy (non-hydrogen) atoms. The van der Waals surface area contributed by atoms with Crippen LogP contribution in [0.25, 0.3) is 6.08 Å². The summed E-state index contributed by atoms with van der Waals surface area (Å²) in [7, 11) is 0. The zero-order valence-corrected chi connectivity index (χ0v) is 17.3. The molecule has 1 fully saturated rings. The number of H-pyrrole nitrogens is 1. The summed E-state index contributed by atoms with van der Waals surface area (Å²) < 4.78 is 0. The average molecular weight is 413 g/mol. The van der Waals surface area contributed by atoms with Crippen molar-refractivity contribution in [3.63, 3.8) is 0 Å². The van der Waals surface area contributed by atoms with Crippen molar-refractivity contribution < 1.29 is 19.5 Å². The molecule has 2 heterocycles. The highest BCUT2D eigenvalue weighted by Crippen LogP contribution is 2.31. The molecule has 1 aromatic heterocycles. The van der Waals surface area contributed by atoms with Crippen LogP contribution in [0.15, 0.2) is 35.2 Å². The molecule has 152 valence electrons. The molecule has 2 aromatic rings. The molecule has 0 saturated carbocycles. The number of aryl methyl sites for hydroxylation is 1. The molecule has 1 atom stereocenters. The van der Waals surface area contributed by atoms with E-state index in [-0.39, 0.29) is 30.1 Å². The Hall–Kier alpha value is -2.84. The van der Waals surface area contributed by atoms with Crippen molar-refractivity contribution in [3.05, 3.63) is 63.3 Å². The Labute approximate surface area is 173 Å². The van der Waals surface area contributed by atoms with Crippen molar-refractivity contribution in [1.82, 2.24) is 15.2 Å². The van der Waals surface area contributed by atoms with Gasteiger partial charge in [-0.2, -0.15) is 0 Å². The summed E-state index contributed by atoms with van der Waals surface area (Å²) in [6.45, 7) is 5.44. The lowest BCUT2D eigenvalue weighted by Crippen LogP contribution is -2.37. The number of hydrogen-bond donors (Lipinski definition) is 3. The Morgan fingerprint density at radius 2 is 1.97 bits per heavy atom. The number of imide groups is 1. The van der Waals surface area contributed by atoms with Gasteiger partial charge in [-0.15, -0.1) is 0 Å². The number of aliphatic hydroxyl groups is 1. The third-order valence-electron chi connectivity index (χ3n) is 4.73. The van der Waals surface area contributed by atoms with Crippen LogP contribution < -0.4 is 5.32 Å². The van der Waals surface area contributed by atoms with E-state index in [0.717, 1.165) is 27.9 Å². The van der Waals surface area contributed by atoms with Gasteiger partial charge in [-0.3, -0.25) is 19.3 Å². The monoisotopic (exact) mass is 413 g/mol. The number of thioether (sulfide) groups is 1. The summed E-state index contributed by atoms with van der Waals surface area (Å²) in [5, 5.41) is 12.2. The molecule has 8 heteroatoms. The van der Waals surface area contributed by atoms with Crippen LogP contribution in [0, 0.1) is 13.8 Å². The number of nitrogens with zero attached hydrogens (tertiary/aromatic N) is 1. The fourth-order valence-electron chi connectivity index (χ4n) is 3.38. The number of carbonyl (C=O) groups excluding carboxylic acids is 3. The fourth-order valence-corrected chi connectivity index (χ4v) is 4.25. The SMILES string of the molecule is Cc1[nH]c(C(=O)NCCN2C(=O)S/C(=C\c3ccccc3)C2=O)c(C)c1[C@@H](C)O. The Kier molecular flexibility index (Phi) is 6.24. The minimum Gasteiger partial charge on any atom is -0.389 e. The third-order valence-corrected chi connectivity index (χ3v) is 5.64. The molecule has 1 aliphatic heterocycles. The molecular weight excluding hydrogens is 390 g/mol. The van der Waals surface area contributed by atoms with Crippen LogP contribution in [-0.4, -0.2) is 45.1 Å².